The molecule has 1 fully saturated rings. The Labute approximate surface area is 214 Å². The van der Waals surface area contributed by atoms with Crippen LogP contribution in [0, 0.1) is 11.5 Å². The van der Waals surface area contributed by atoms with Gasteiger partial charge in [0.2, 0.25) is 10.0 Å². The molecule has 1 amide bonds. The molecule has 34 heavy (non-hydrogen) atoms. The maximum atomic E-state index is 13.1. The Morgan fingerprint density at radius 1 is 1.21 bits per heavy atom. The molecule has 0 bridgehead atoms. The SMILES string of the molecule is CN(C(=O)O)c1ccc2ccccc2c1[C@H]1C[C@@H](NS(=O)(=O)c2cc(Br)ccc2Br)CN1C#N. The van der Waals surface area contributed by atoms with Crippen molar-refractivity contribution >= 4 is 64.4 Å². The van der Waals surface area contributed by atoms with E-state index < -0.39 is 28.2 Å². The number of rotatable bonds is 5. The maximum absolute atomic E-state index is 13.1. The molecule has 1 heterocycles. The van der Waals surface area contributed by atoms with Gasteiger partial charge in [-0.25, -0.2) is 17.9 Å². The highest BCUT2D eigenvalue weighted by Gasteiger charge is 2.38. The van der Waals surface area contributed by atoms with Gasteiger partial charge in [-0.05, 0) is 57.4 Å². The summed E-state index contributed by atoms with van der Waals surface area (Å²) in [5.74, 6) is 0. The van der Waals surface area contributed by atoms with Crippen LogP contribution in [-0.4, -0.2) is 44.2 Å². The van der Waals surface area contributed by atoms with E-state index in [1.165, 1.54) is 18.0 Å². The fraction of sp³-hybridized carbons (Fsp3) is 0.217. The highest BCUT2D eigenvalue weighted by molar-refractivity contribution is 9.11. The molecule has 0 radical (unpaired) electrons. The first-order valence-electron chi connectivity index (χ1n) is 10.2. The van der Waals surface area contributed by atoms with Crippen LogP contribution in [0.2, 0.25) is 0 Å². The van der Waals surface area contributed by atoms with Gasteiger partial charge in [0.05, 0.1) is 16.6 Å². The molecule has 8 nitrogen and oxygen atoms in total. The Hall–Kier alpha value is -2.65. The molecule has 3 aromatic carbocycles. The Kier molecular flexibility index (Phi) is 6.87. The van der Waals surface area contributed by atoms with E-state index in [-0.39, 0.29) is 11.4 Å². The van der Waals surface area contributed by atoms with Gasteiger partial charge < -0.3 is 10.0 Å². The Balaban J connectivity index is 1.74. The Morgan fingerprint density at radius 2 is 1.94 bits per heavy atom. The summed E-state index contributed by atoms with van der Waals surface area (Å²) in [6, 6.07) is 14.9. The molecule has 0 saturated carbocycles. The first kappa shape index (κ1) is 24.5. The minimum Gasteiger partial charge on any atom is -0.465 e. The third kappa shape index (κ3) is 4.63. The first-order chi connectivity index (χ1) is 16.1. The first-order valence-corrected chi connectivity index (χ1v) is 13.3. The van der Waals surface area contributed by atoms with E-state index in [2.05, 4.69) is 42.8 Å². The highest BCUT2D eigenvalue weighted by Crippen LogP contribution is 2.41. The molecule has 0 aliphatic carbocycles. The average molecular weight is 608 g/mol. The number of hydrogen-bond donors (Lipinski definition) is 2. The lowest BCUT2D eigenvalue weighted by Gasteiger charge is -2.26. The third-order valence-electron chi connectivity index (χ3n) is 5.86. The molecular formula is C23H20Br2N4O4S. The zero-order valence-corrected chi connectivity index (χ0v) is 21.9. The number of fused-ring (bicyclic) bond motifs is 1. The lowest BCUT2D eigenvalue weighted by Crippen LogP contribution is -2.36. The normalized spacial score (nSPS) is 18.1. The number of likely N-dealkylation sites (tertiary alicyclic amines) is 1. The molecule has 0 aromatic heterocycles. The van der Waals surface area contributed by atoms with Crippen molar-refractivity contribution in [2.24, 2.45) is 0 Å². The monoisotopic (exact) mass is 606 g/mol. The van der Waals surface area contributed by atoms with Gasteiger partial charge in [0.15, 0.2) is 6.19 Å². The van der Waals surface area contributed by atoms with Crippen molar-refractivity contribution in [3.63, 3.8) is 0 Å². The Morgan fingerprint density at radius 3 is 2.65 bits per heavy atom. The summed E-state index contributed by atoms with van der Waals surface area (Å²) in [5, 5.41) is 21.2. The smallest absolute Gasteiger partial charge is 0.411 e. The summed E-state index contributed by atoms with van der Waals surface area (Å²) in [6.07, 6.45) is 1.33. The summed E-state index contributed by atoms with van der Waals surface area (Å²) >= 11 is 6.59. The predicted octanol–water partition coefficient (Wildman–Crippen LogP) is 5.05. The number of nitriles is 1. The molecule has 0 unspecified atom stereocenters. The lowest BCUT2D eigenvalue weighted by atomic mass is 9.94. The van der Waals surface area contributed by atoms with Crippen LogP contribution in [0.1, 0.15) is 18.0 Å². The largest absolute Gasteiger partial charge is 0.465 e. The Bertz CT molecular complexity index is 1420. The van der Waals surface area contributed by atoms with E-state index in [9.17, 15) is 23.6 Å². The van der Waals surface area contributed by atoms with Crippen molar-refractivity contribution in [2.75, 3.05) is 18.5 Å². The van der Waals surface area contributed by atoms with Gasteiger partial charge in [0.25, 0.3) is 0 Å². The zero-order valence-electron chi connectivity index (χ0n) is 17.9. The number of amides is 1. The van der Waals surface area contributed by atoms with Gasteiger partial charge in [-0.1, -0.05) is 46.3 Å². The van der Waals surface area contributed by atoms with E-state index in [1.54, 1.807) is 18.2 Å². The van der Waals surface area contributed by atoms with Crippen LogP contribution in [0.25, 0.3) is 10.8 Å². The minimum absolute atomic E-state index is 0.0882. The van der Waals surface area contributed by atoms with Crippen LogP contribution in [0.15, 0.2) is 68.4 Å². The van der Waals surface area contributed by atoms with Crippen LogP contribution in [0.3, 0.4) is 0 Å². The molecule has 0 spiro atoms. The van der Waals surface area contributed by atoms with Gasteiger partial charge >= 0.3 is 6.09 Å². The number of carbonyl (C=O) groups is 1. The molecule has 1 saturated heterocycles. The third-order valence-corrected chi connectivity index (χ3v) is 8.87. The topological polar surface area (TPSA) is 114 Å². The number of nitrogens with zero attached hydrogens (tertiary/aromatic N) is 3. The number of sulfonamides is 1. The number of carboxylic acid groups (broad SMARTS) is 1. The van der Waals surface area contributed by atoms with E-state index in [0.29, 0.717) is 26.6 Å². The molecule has 11 heteroatoms. The second-order valence-corrected chi connectivity index (χ2v) is 11.4. The van der Waals surface area contributed by atoms with Crippen molar-refractivity contribution in [1.29, 1.82) is 5.26 Å². The standard InChI is InChI=1S/C23H20Br2N4O4S/c1-28(23(30)31)19-9-6-14-4-2-3-5-17(14)22(19)20-11-16(12-29(20)13-26)27-34(32,33)21-10-15(24)7-8-18(21)25/h2-10,16,20,27H,11-12H2,1H3,(H,30,31)/t16-,20-/m1/s1. The van der Waals surface area contributed by atoms with Gasteiger partial charge in [0.1, 0.15) is 0 Å². The molecule has 4 rings (SSSR count). The zero-order chi connectivity index (χ0) is 24.6. The maximum Gasteiger partial charge on any atom is 0.411 e. The number of hydrogen-bond acceptors (Lipinski definition) is 5. The number of benzene rings is 3. The van der Waals surface area contributed by atoms with Crippen molar-refractivity contribution < 1.29 is 18.3 Å². The molecule has 1 aliphatic heterocycles. The fourth-order valence-electron chi connectivity index (χ4n) is 4.30. The second-order valence-electron chi connectivity index (χ2n) is 7.96. The fourth-order valence-corrected chi connectivity index (χ4v) is 7.04. The van der Waals surface area contributed by atoms with E-state index in [0.717, 1.165) is 15.7 Å². The molecule has 2 N–H and O–H groups in total. The van der Waals surface area contributed by atoms with Crippen LogP contribution < -0.4 is 9.62 Å². The molecule has 3 aromatic rings. The van der Waals surface area contributed by atoms with E-state index in [4.69, 9.17) is 0 Å². The van der Waals surface area contributed by atoms with Crippen LogP contribution in [0.5, 0.6) is 0 Å². The predicted molar refractivity (Wildman–Crippen MR) is 136 cm³/mol. The van der Waals surface area contributed by atoms with Crippen LogP contribution >= 0.6 is 31.9 Å². The summed E-state index contributed by atoms with van der Waals surface area (Å²) in [6.45, 7) is 0.158. The van der Waals surface area contributed by atoms with Gasteiger partial charge in [-0.2, -0.15) is 5.26 Å². The van der Waals surface area contributed by atoms with Gasteiger partial charge in [-0.3, -0.25) is 4.90 Å². The van der Waals surface area contributed by atoms with Crippen molar-refractivity contribution in [2.45, 2.75) is 23.4 Å². The van der Waals surface area contributed by atoms with Crippen LogP contribution in [0.4, 0.5) is 10.5 Å². The average Bonchev–Trinajstić information content (AvgIpc) is 3.20. The van der Waals surface area contributed by atoms with E-state index >= 15 is 0 Å². The second kappa shape index (κ2) is 9.54. The summed E-state index contributed by atoms with van der Waals surface area (Å²) in [7, 11) is -2.43. The summed E-state index contributed by atoms with van der Waals surface area (Å²) in [5.41, 5.74) is 1.13. The summed E-state index contributed by atoms with van der Waals surface area (Å²) < 4.78 is 30.0. The minimum atomic E-state index is -3.88. The summed E-state index contributed by atoms with van der Waals surface area (Å²) in [4.78, 5) is 14.5. The van der Waals surface area contributed by atoms with Crippen molar-refractivity contribution in [3.8, 4) is 6.19 Å². The lowest BCUT2D eigenvalue weighted by molar-refractivity contribution is 0.203. The van der Waals surface area contributed by atoms with Crippen LogP contribution in [-0.2, 0) is 10.0 Å². The van der Waals surface area contributed by atoms with Crippen molar-refractivity contribution in [1.82, 2.24) is 9.62 Å². The van der Waals surface area contributed by atoms with Gasteiger partial charge in [-0.15, -0.1) is 0 Å². The molecule has 176 valence electrons. The van der Waals surface area contributed by atoms with Gasteiger partial charge in [0, 0.05) is 34.1 Å². The number of halogens is 2. The molecular weight excluding hydrogens is 588 g/mol. The number of anilines is 1. The number of nitrogens with one attached hydrogen (secondary N) is 1. The van der Waals surface area contributed by atoms with E-state index in [1.807, 2.05) is 30.3 Å². The molecule has 2 atom stereocenters. The highest BCUT2D eigenvalue weighted by atomic mass is 79.9. The quantitative estimate of drug-likeness (QED) is 0.392. The molecule has 1 aliphatic rings. The van der Waals surface area contributed by atoms with Crippen molar-refractivity contribution in [3.05, 3.63) is 69.1 Å².